The van der Waals surface area contributed by atoms with Crippen LogP contribution in [-0.4, -0.2) is 19.3 Å². The normalized spacial score (nSPS) is 11.7. The number of anilines is 2. The molecule has 2 aromatic carbocycles. The first-order chi connectivity index (χ1) is 14.6. The van der Waals surface area contributed by atoms with Crippen molar-refractivity contribution in [1.82, 2.24) is 4.98 Å². The minimum atomic E-state index is -4.60. The summed E-state index contributed by atoms with van der Waals surface area (Å²) in [5, 5.41) is 2.62. The summed E-state index contributed by atoms with van der Waals surface area (Å²) in [5.74, 6) is -0.316. The Labute approximate surface area is 177 Å². The van der Waals surface area contributed by atoms with Crippen LogP contribution < -0.4 is 10.0 Å². The maximum atomic E-state index is 12.8. The number of carbonyl (C=O) groups is 1. The number of nitrogens with zero attached hydrogens (tertiary/aromatic N) is 1. The zero-order valence-corrected chi connectivity index (χ0v) is 16.9. The predicted octanol–water partition coefficient (Wildman–Crippen LogP) is 4.47. The molecule has 0 aliphatic heterocycles. The molecule has 0 spiro atoms. The van der Waals surface area contributed by atoms with E-state index in [1.54, 1.807) is 18.5 Å². The fraction of sp³-hybridized carbons (Fsp3) is 0.143. The maximum Gasteiger partial charge on any atom is 0.416 e. The van der Waals surface area contributed by atoms with Gasteiger partial charge in [-0.1, -0.05) is 18.2 Å². The van der Waals surface area contributed by atoms with Crippen molar-refractivity contribution in [3.63, 3.8) is 0 Å². The highest BCUT2D eigenvalue weighted by Gasteiger charge is 2.30. The van der Waals surface area contributed by atoms with E-state index in [1.165, 1.54) is 30.3 Å². The molecule has 0 bridgehead atoms. The third-order valence-corrected chi connectivity index (χ3v) is 5.61. The molecule has 31 heavy (non-hydrogen) atoms. The average molecular weight is 449 g/mol. The van der Waals surface area contributed by atoms with Gasteiger partial charge in [0.05, 0.1) is 10.5 Å². The molecule has 0 fully saturated rings. The van der Waals surface area contributed by atoms with E-state index in [4.69, 9.17) is 0 Å². The smallest absolute Gasteiger partial charge is 0.326 e. The van der Waals surface area contributed by atoms with E-state index < -0.39 is 21.8 Å². The number of rotatable bonds is 7. The molecule has 0 aliphatic carbocycles. The first kappa shape index (κ1) is 22.3. The second-order valence-electron chi connectivity index (χ2n) is 6.62. The summed E-state index contributed by atoms with van der Waals surface area (Å²) in [6.07, 6.45) is -0.676. The van der Waals surface area contributed by atoms with Crippen molar-refractivity contribution < 1.29 is 26.4 Å². The number of halogens is 3. The lowest BCUT2D eigenvalue weighted by molar-refractivity contribution is -0.137. The second kappa shape index (κ2) is 9.17. The fourth-order valence-corrected chi connectivity index (χ4v) is 3.84. The highest BCUT2D eigenvalue weighted by atomic mass is 32.2. The van der Waals surface area contributed by atoms with Gasteiger partial charge in [-0.05, 0) is 54.4 Å². The van der Waals surface area contributed by atoms with Crippen LogP contribution in [0.15, 0.2) is 78.0 Å². The lowest BCUT2D eigenvalue weighted by atomic mass is 10.1. The molecule has 0 saturated carbocycles. The Balaban J connectivity index is 1.69. The Kier molecular flexibility index (Phi) is 6.59. The molecule has 6 nitrogen and oxygen atoms in total. The number of sulfonamides is 1. The monoisotopic (exact) mass is 449 g/mol. The zero-order chi connectivity index (χ0) is 22.5. The number of nitrogens with one attached hydrogen (secondary N) is 2. The van der Waals surface area contributed by atoms with Gasteiger partial charge < -0.3 is 5.32 Å². The molecule has 0 radical (unpaired) electrons. The topological polar surface area (TPSA) is 88.2 Å². The first-order valence-electron chi connectivity index (χ1n) is 9.12. The third-order valence-electron chi connectivity index (χ3n) is 4.23. The molecule has 1 heterocycles. The van der Waals surface area contributed by atoms with Crippen LogP contribution in [0.5, 0.6) is 0 Å². The number of benzene rings is 2. The van der Waals surface area contributed by atoms with Crippen molar-refractivity contribution in [3.05, 3.63) is 84.2 Å². The van der Waals surface area contributed by atoms with Crippen molar-refractivity contribution in [3.8, 4) is 0 Å². The van der Waals surface area contributed by atoms with Crippen molar-refractivity contribution >= 4 is 27.3 Å². The van der Waals surface area contributed by atoms with E-state index in [0.29, 0.717) is 12.5 Å². The van der Waals surface area contributed by atoms with E-state index in [1.807, 2.05) is 6.07 Å². The highest BCUT2D eigenvalue weighted by molar-refractivity contribution is 7.92. The molecule has 0 atom stereocenters. The van der Waals surface area contributed by atoms with Crippen LogP contribution in [0.25, 0.3) is 0 Å². The molecule has 0 aliphatic rings. The van der Waals surface area contributed by atoms with E-state index in [2.05, 4.69) is 15.0 Å². The van der Waals surface area contributed by atoms with Gasteiger partial charge in [0, 0.05) is 30.2 Å². The van der Waals surface area contributed by atoms with Gasteiger partial charge in [-0.2, -0.15) is 13.2 Å². The number of alkyl halides is 3. The zero-order valence-electron chi connectivity index (χ0n) is 16.1. The van der Waals surface area contributed by atoms with Gasteiger partial charge in [-0.3, -0.25) is 14.5 Å². The largest absolute Gasteiger partial charge is 0.416 e. The summed E-state index contributed by atoms with van der Waals surface area (Å²) < 4.78 is 65.9. The number of aromatic nitrogens is 1. The maximum absolute atomic E-state index is 12.8. The Morgan fingerprint density at radius 1 is 0.968 bits per heavy atom. The quantitative estimate of drug-likeness (QED) is 0.557. The van der Waals surface area contributed by atoms with Crippen LogP contribution in [0.4, 0.5) is 24.5 Å². The highest BCUT2D eigenvalue weighted by Crippen LogP contribution is 2.31. The molecule has 3 aromatic rings. The number of amides is 1. The van der Waals surface area contributed by atoms with Gasteiger partial charge in [-0.15, -0.1) is 0 Å². The predicted molar refractivity (Wildman–Crippen MR) is 110 cm³/mol. The Bertz CT molecular complexity index is 1170. The lowest BCUT2D eigenvalue weighted by Gasteiger charge is -2.12. The molecule has 3 rings (SSSR count). The van der Waals surface area contributed by atoms with Gasteiger partial charge in [-0.25, -0.2) is 8.42 Å². The average Bonchev–Trinajstić information content (AvgIpc) is 2.72. The van der Waals surface area contributed by atoms with E-state index in [9.17, 15) is 26.4 Å². The van der Waals surface area contributed by atoms with Gasteiger partial charge in [0.1, 0.15) is 0 Å². The van der Waals surface area contributed by atoms with Crippen molar-refractivity contribution in [2.45, 2.75) is 23.9 Å². The molecular weight excluding hydrogens is 431 g/mol. The van der Waals surface area contributed by atoms with E-state index in [-0.39, 0.29) is 28.6 Å². The summed E-state index contributed by atoms with van der Waals surface area (Å²) in [6.45, 7) is 0. The Morgan fingerprint density at radius 2 is 1.71 bits per heavy atom. The molecule has 10 heteroatoms. The number of aryl methyl sites for hydroxylation is 1. The van der Waals surface area contributed by atoms with Crippen molar-refractivity contribution in [1.29, 1.82) is 0 Å². The van der Waals surface area contributed by atoms with Gasteiger partial charge >= 0.3 is 6.18 Å². The summed E-state index contributed by atoms with van der Waals surface area (Å²) in [5.41, 5.74) is -0.0505. The minimum Gasteiger partial charge on any atom is -0.326 e. The molecule has 162 valence electrons. The SMILES string of the molecule is O=C(CCc1cccnc1)Nc1cccc(S(=O)(=O)Nc2cccc(C(F)(F)F)c2)c1. The molecular formula is C21H18F3N3O3S. The van der Waals surface area contributed by atoms with Crippen molar-refractivity contribution in [2.24, 2.45) is 0 Å². The second-order valence-corrected chi connectivity index (χ2v) is 8.30. The molecule has 1 aromatic heterocycles. The van der Waals surface area contributed by atoms with Gasteiger partial charge in [0.15, 0.2) is 0 Å². The number of hydrogen-bond donors (Lipinski definition) is 2. The van der Waals surface area contributed by atoms with Crippen LogP contribution in [-0.2, 0) is 27.4 Å². The first-order valence-corrected chi connectivity index (χ1v) is 10.6. The standard InChI is InChI=1S/C21H18F3N3O3S/c22-21(23,24)16-5-1-7-18(12-16)27-31(29,30)19-8-2-6-17(13-19)26-20(28)10-9-15-4-3-11-25-14-15/h1-8,11-14,27H,9-10H2,(H,26,28). The summed E-state index contributed by atoms with van der Waals surface area (Å²) >= 11 is 0. The molecule has 0 saturated heterocycles. The fourth-order valence-electron chi connectivity index (χ4n) is 2.74. The minimum absolute atomic E-state index is 0.172. The summed E-state index contributed by atoms with van der Waals surface area (Å²) in [6, 6.07) is 12.9. The number of carbonyl (C=O) groups excluding carboxylic acids is 1. The van der Waals surface area contributed by atoms with Crippen LogP contribution in [0.3, 0.4) is 0 Å². The van der Waals surface area contributed by atoms with Crippen LogP contribution >= 0.6 is 0 Å². The van der Waals surface area contributed by atoms with Gasteiger partial charge in [0.25, 0.3) is 10.0 Å². The molecule has 2 N–H and O–H groups in total. The molecule has 1 amide bonds. The molecule has 0 unspecified atom stereocenters. The number of pyridine rings is 1. The third kappa shape index (κ3) is 6.29. The summed E-state index contributed by atoms with van der Waals surface area (Å²) in [7, 11) is -4.17. The van der Waals surface area contributed by atoms with Gasteiger partial charge in [0.2, 0.25) is 5.91 Å². The van der Waals surface area contributed by atoms with E-state index in [0.717, 1.165) is 17.7 Å². The summed E-state index contributed by atoms with van der Waals surface area (Å²) in [4.78, 5) is 15.9. The van der Waals surface area contributed by atoms with Crippen LogP contribution in [0, 0.1) is 0 Å². The van der Waals surface area contributed by atoms with Crippen molar-refractivity contribution in [2.75, 3.05) is 10.0 Å². The Morgan fingerprint density at radius 3 is 2.42 bits per heavy atom. The van der Waals surface area contributed by atoms with Crippen LogP contribution in [0.1, 0.15) is 17.5 Å². The van der Waals surface area contributed by atoms with Crippen LogP contribution in [0.2, 0.25) is 0 Å². The lowest BCUT2D eigenvalue weighted by Crippen LogP contribution is -2.16. The number of hydrogen-bond acceptors (Lipinski definition) is 4. The Hall–Kier alpha value is -3.40. The van der Waals surface area contributed by atoms with E-state index >= 15 is 0 Å².